The minimum atomic E-state index is -4.89. The predicted molar refractivity (Wildman–Crippen MR) is 123 cm³/mol. The first kappa shape index (κ1) is 25.5. The van der Waals surface area contributed by atoms with Crippen LogP contribution in [0, 0.1) is 0 Å². The Balaban J connectivity index is 1.37. The summed E-state index contributed by atoms with van der Waals surface area (Å²) in [6.07, 6.45) is -8.33. The zero-order chi connectivity index (χ0) is 27.1. The Morgan fingerprint density at radius 3 is 2.21 bits per heavy atom. The third-order valence-corrected chi connectivity index (χ3v) is 5.64. The molecule has 5 rings (SSSR count). The van der Waals surface area contributed by atoms with Gasteiger partial charge in [-0.2, -0.15) is 13.2 Å². The third-order valence-electron chi connectivity index (χ3n) is 5.41. The average molecular weight is 554 g/mol. The molecule has 3 aromatic carbocycles. The molecular formula is C24H14ClF6N5O2. The van der Waals surface area contributed by atoms with E-state index in [1.807, 2.05) is 0 Å². The highest BCUT2D eigenvalue weighted by Crippen LogP contribution is 2.45. The van der Waals surface area contributed by atoms with E-state index >= 15 is 0 Å². The van der Waals surface area contributed by atoms with Gasteiger partial charge >= 0.3 is 18.3 Å². The molecule has 0 fully saturated rings. The van der Waals surface area contributed by atoms with Gasteiger partial charge in [0.25, 0.3) is 0 Å². The summed E-state index contributed by atoms with van der Waals surface area (Å²) < 4.78 is 84.4. The average Bonchev–Trinajstić information content (AvgIpc) is 3.53. The maximum atomic E-state index is 14.1. The van der Waals surface area contributed by atoms with E-state index in [0.29, 0.717) is 16.8 Å². The summed E-state index contributed by atoms with van der Waals surface area (Å²) >= 11 is 5.88. The number of benzene rings is 3. The Bertz CT molecular complexity index is 1490. The number of alkyl halides is 6. The van der Waals surface area contributed by atoms with Crippen molar-refractivity contribution in [1.29, 1.82) is 0 Å². The Labute approximate surface area is 215 Å². The van der Waals surface area contributed by atoms with Crippen LogP contribution in [0.25, 0.3) is 17.1 Å². The van der Waals surface area contributed by atoms with Gasteiger partial charge in [0.15, 0.2) is 11.7 Å². The molecule has 1 aliphatic rings. The molecular weight excluding hydrogens is 540 g/mol. The smallest absolute Gasteiger partial charge is 0.406 e. The summed E-state index contributed by atoms with van der Waals surface area (Å²) in [4.78, 5) is 13.0. The Hall–Kier alpha value is -4.10. The van der Waals surface area contributed by atoms with Crippen molar-refractivity contribution in [2.75, 3.05) is 0 Å². The van der Waals surface area contributed by atoms with Gasteiger partial charge in [0.05, 0.1) is 5.69 Å². The molecule has 0 saturated carbocycles. The van der Waals surface area contributed by atoms with E-state index in [1.54, 1.807) is 12.1 Å². The number of aliphatic imine (C=N–C) groups is 1. The van der Waals surface area contributed by atoms with Gasteiger partial charge in [-0.3, -0.25) is 0 Å². The monoisotopic (exact) mass is 553 g/mol. The first-order valence-electron chi connectivity index (χ1n) is 10.7. The van der Waals surface area contributed by atoms with Gasteiger partial charge in [-0.1, -0.05) is 48.0 Å². The first-order chi connectivity index (χ1) is 17.9. The highest BCUT2D eigenvalue weighted by Gasteiger charge is 2.61. The lowest BCUT2D eigenvalue weighted by Crippen LogP contribution is -2.42. The number of amidine groups is 1. The zero-order valence-electron chi connectivity index (χ0n) is 18.8. The van der Waals surface area contributed by atoms with Crippen molar-refractivity contribution in [2.45, 2.75) is 18.3 Å². The molecule has 1 N–H and O–H groups in total. The van der Waals surface area contributed by atoms with Crippen LogP contribution in [0.15, 0.2) is 84.1 Å². The summed E-state index contributed by atoms with van der Waals surface area (Å²) in [5.41, 5.74) is 0.263. The Morgan fingerprint density at radius 1 is 0.895 bits per heavy atom. The largest absolute Gasteiger partial charge is 0.573 e. The molecule has 38 heavy (non-hydrogen) atoms. The number of nitrogens with zero attached hydrogens (tertiary/aromatic N) is 4. The lowest BCUT2D eigenvalue weighted by molar-refractivity contribution is -0.285. The van der Waals surface area contributed by atoms with Crippen LogP contribution in [0.1, 0.15) is 11.1 Å². The molecule has 14 heteroatoms. The molecule has 0 spiro atoms. The molecule has 2 heterocycles. The fraction of sp³-hybridized carbons (Fsp3) is 0.125. The SMILES string of the molecule is FC(F)(F)Oc1ccc(-n2cnc(-c3ccc(C4=NC(c5cccc(Cl)c5)(C(F)(F)F)ON4)cc3)n2)cc1. The minimum Gasteiger partial charge on any atom is -0.406 e. The number of ether oxygens (including phenoxy) is 1. The topological polar surface area (TPSA) is 73.6 Å². The molecule has 4 aromatic rings. The van der Waals surface area contributed by atoms with Crippen LogP contribution in [-0.4, -0.2) is 33.1 Å². The summed E-state index contributed by atoms with van der Waals surface area (Å²) in [5.74, 6) is -0.253. The van der Waals surface area contributed by atoms with E-state index in [4.69, 9.17) is 16.4 Å². The predicted octanol–water partition coefficient (Wildman–Crippen LogP) is 6.18. The summed E-state index contributed by atoms with van der Waals surface area (Å²) in [6.45, 7) is 0. The maximum Gasteiger partial charge on any atom is 0.573 e. The number of hydrogen-bond acceptors (Lipinski definition) is 6. The van der Waals surface area contributed by atoms with E-state index in [9.17, 15) is 26.3 Å². The van der Waals surface area contributed by atoms with Gasteiger partial charge in [-0.25, -0.2) is 25.0 Å². The summed E-state index contributed by atoms with van der Waals surface area (Å²) in [7, 11) is 0. The highest BCUT2D eigenvalue weighted by molar-refractivity contribution is 6.30. The highest BCUT2D eigenvalue weighted by atomic mass is 35.5. The Kier molecular flexibility index (Phi) is 6.27. The van der Waals surface area contributed by atoms with E-state index < -0.39 is 18.3 Å². The van der Waals surface area contributed by atoms with Gasteiger partial charge < -0.3 is 4.74 Å². The third kappa shape index (κ3) is 5.02. The van der Waals surface area contributed by atoms with Crippen molar-refractivity contribution < 1.29 is 35.9 Å². The fourth-order valence-electron chi connectivity index (χ4n) is 3.65. The molecule has 0 bridgehead atoms. The number of hydrogen-bond donors (Lipinski definition) is 1. The van der Waals surface area contributed by atoms with Crippen LogP contribution in [0.3, 0.4) is 0 Å². The van der Waals surface area contributed by atoms with Crippen molar-refractivity contribution in [1.82, 2.24) is 20.2 Å². The number of aromatic nitrogens is 3. The minimum absolute atomic E-state index is 0.0975. The van der Waals surface area contributed by atoms with Gasteiger partial charge in [-0.15, -0.1) is 18.3 Å². The fourth-order valence-corrected chi connectivity index (χ4v) is 3.84. The second-order valence-electron chi connectivity index (χ2n) is 7.95. The molecule has 1 atom stereocenters. The maximum absolute atomic E-state index is 14.1. The number of halogens is 7. The number of nitrogens with one attached hydrogen (secondary N) is 1. The Morgan fingerprint density at radius 2 is 1.58 bits per heavy atom. The summed E-state index contributed by atoms with van der Waals surface area (Å²) in [6, 6.07) is 16.4. The lowest BCUT2D eigenvalue weighted by Gasteiger charge is -2.26. The second-order valence-corrected chi connectivity index (χ2v) is 8.38. The number of hydroxylamine groups is 1. The molecule has 1 unspecified atom stereocenters. The molecule has 1 aliphatic heterocycles. The van der Waals surface area contributed by atoms with Crippen LogP contribution in [0.4, 0.5) is 26.3 Å². The van der Waals surface area contributed by atoms with Crippen LogP contribution in [0.5, 0.6) is 5.75 Å². The normalized spacial score (nSPS) is 17.7. The molecule has 7 nitrogen and oxygen atoms in total. The number of rotatable bonds is 5. The van der Waals surface area contributed by atoms with E-state index in [2.05, 4.69) is 25.3 Å². The van der Waals surface area contributed by atoms with Gasteiger partial charge in [-0.05, 0) is 36.4 Å². The van der Waals surface area contributed by atoms with Crippen molar-refractivity contribution >= 4 is 17.4 Å². The van der Waals surface area contributed by atoms with Crippen LogP contribution < -0.4 is 10.2 Å². The van der Waals surface area contributed by atoms with Crippen LogP contribution >= 0.6 is 11.6 Å². The lowest BCUT2D eigenvalue weighted by atomic mass is 10.0. The second kappa shape index (κ2) is 9.33. The molecule has 1 aromatic heterocycles. The molecule has 0 amide bonds. The standard InChI is InChI=1S/C24H14ClF6N5O2/c25-17-3-1-2-16(12-17)22(23(26,27)28)33-21(35-38-22)15-6-4-14(5-7-15)20-32-13-36(34-20)18-8-10-19(11-9-18)37-24(29,30)31/h1-13H,(H,33,35). The van der Waals surface area contributed by atoms with E-state index in [1.165, 1.54) is 53.5 Å². The van der Waals surface area contributed by atoms with E-state index in [-0.39, 0.29) is 28.0 Å². The zero-order valence-corrected chi connectivity index (χ0v) is 19.5. The van der Waals surface area contributed by atoms with Crippen LogP contribution in [-0.2, 0) is 10.6 Å². The van der Waals surface area contributed by atoms with E-state index in [0.717, 1.165) is 18.2 Å². The van der Waals surface area contributed by atoms with Gasteiger partial charge in [0.1, 0.15) is 12.1 Å². The van der Waals surface area contributed by atoms with Crippen molar-refractivity contribution in [3.05, 3.63) is 95.3 Å². The van der Waals surface area contributed by atoms with Crippen LogP contribution in [0.2, 0.25) is 5.02 Å². The van der Waals surface area contributed by atoms with Crippen molar-refractivity contribution in [3.8, 4) is 22.8 Å². The summed E-state index contributed by atoms with van der Waals surface area (Å²) in [5, 5.41) is 4.39. The van der Waals surface area contributed by atoms with Gasteiger partial charge in [0, 0.05) is 21.7 Å². The van der Waals surface area contributed by atoms with Gasteiger partial charge in [0.2, 0.25) is 0 Å². The molecule has 0 saturated heterocycles. The van der Waals surface area contributed by atoms with Crippen molar-refractivity contribution in [3.63, 3.8) is 0 Å². The molecule has 0 aliphatic carbocycles. The van der Waals surface area contributed by atoms with Crippen molar-refractivity contribution in [2.24, 2.45) is 4.99 Å². The molecule has 196 valence electrons. The first-order valence-corrected chi connectivity index (χ1v) is 11.1. The quantitative estimate of drug-likeness (QED) is 0.299. The molecule has 0 radical (unpaired) electrons.